The van der Waals surface area contributed by atoms with Gasteiger partial charge in [-0.2, -0.15) is 0 Å². The number of ether oxygens (including phenoxy) is 1. The van der Waals surface area contributed by atoms with E-state index in [4.69, 9.17) is 4.74 Å². The molecule has 1 unspecified atom stereocenters. The molecule has 0 spiro atoms. The highest BCUT2D eigenvalue weighted by Gasteiger charge is 2.39. The van der Waals surface area contributed by atoms with Crippen LogP contribution in [0.4, 0.5) is 4.39 Å². The van der Waals surface area contributed by atoms with Crippen molar-refractivity contribution in [3.05, 3.63) is 29.6 Å². The van der Waals surface area contributed by atoms with Crippen LogP contribution in [0.2, 0.25) is 0 Å². The van der Waals surface area contributed by atoms with Crippen LogP contribution in [0.5, 0.6) is 0 Å². The van der Waals surface area contributed by atoms with E-state index in [1.165, 1.54) is 12.1 Å². The predicted molar refractivity (Wildman–Crippen MR) is 57.0 cm³/mol. The van der Waals surface area contributed by atoms with E-state index in [9.17, 15) is 14.0 Å². The predicted octanol–water partition coefficient (Wildman–Crippen LogP) is 2.05. The van der Waals surface area contributed by atoms with Crippen molar-refractivity contribution in [2.45, 2.75) is 17.1 Å². The highest BCUT2D eigenvalue weighted by atomic mass is 32.2. The lowest BCUT2D eigenvalue weighted by atomic mass is 10.1. The van der Waals surface area contributed by atoms with Crippen LogP contribution in [-0.2, 0) is 9.53 Å². The normalized spacial score (nSPS) is 18.4. The fourth-order valence-electron chi connectivity index (χ4n) is 1.53. The van der Waals surface area contributed by atoms with Crippen LogP contribution in [0, 0.1) is 5.82 Å². The average molecular weight is 240 g/mol. The zero-order valence-electron chi connectivity index (χ0n) is 8.53. The highest BCUT2D eigenvalue weighted by molar-refractivity contribution is 8.02. The number of carbonyl (C=O) groups excluding carboxylic acids is 2. The molecule has 0 aromatic heterocycles. The number of rotatable bonds is 2. The molecule has 1 aromatic carbocycles. The molecule has 0 aliphatic carbocycles. The van der Waals surface area contributed by atoms with Crippen LogP contribution in [0.3, 0.4) is 0 Å². The summed E-state index contributed by atoms with van der Waals surface area (Å²) in [4.78, 5) is 23.7. The first-order chi connectivity index (χ1) is 7.65. The van der Waals surface area contributed by atoms with Crippen molar-refractivity contribution in [3.8, 4) is 0 Å². The maximum Gasteiger partial charge on any atom is 0.327 e. The number of ketones is 1. The van der Waals surface area contributed by atoms with Gasteiger partial charge in [0.15, 0.2) is 11.0 Å². The third-order valence-corrected chi connectivity index (χ3v) is 3.44. The summed E-state index contributed by atoms with van der Waals surface area (Å²) in [5, 5.41) is -0.952. The molecular weight excluding hydrogens is 231 g/mol. The topological polar surface area (TPSA) is 43.4 Å². The maximum absolute atomic E-state index is 13.4. The first kappa shape index (κ1) is 11.1. The lowest BCUT2D eigenvalue weighted by Gasteiger charge is -2.05. The molecule has 0 saturated carbocycles. The minimum Gasteiger partial charge on any atom is -0.465 e. The Balaban J connectivity index is 2.31. The van der Waals surface area contributed by atoms with E-state index in [0.717, 1.165) is 11.8 Å². The maximum atomic E-state index is 13.4. The summed E-state index contributed by atoms with van der Waals surface area (Å²) in [6.45, 7) is 1.87. The Labute approximate surface area is 96.0 Å². The number of esters is 1. The summed E-state index contributed by atoms with van der Waals surface area (Å²) in [5.74, 6) is -1.69. The fourth-order valence-corrected chi connectivity index (χ4v) is 2.64. The Hall–Kier alpha value is -1.36. The van der Waals surface area contributed by atoms with Gasteiger partial charge >= 0.3 is 5.97 Å². The number of thioether (sulfide) groups is 1. The van der Waals surface area contributed by atoms with Gasteiger partial charge in [0.1, 0.15) is 5.82 Å². The summed E-state index contributed by atoms with van der Waals surface area (Å²) < 4.78 is 18.1. The fraction of sp³-hybridized carbons (Fsp3) is 0.273. The van der Waals surface area contributed by atoms with Gasteiger partial charge in [0.05, 0.1) is 12.2 Å². The Morgan fingerprint density at radius 1 is 1.56 bits per heavy atom. The molecule has 3 nitrogen and oxygen atoms in total. The van der Waals surface area contributed by atoms with Gasteiger partial charge in [0, 0.05) is 4.90 Å². The molecule has 16 heavy (non-hydrogen) atoms. The number of halogens is 1. The molecule has 0 amide bonds. The molecule has 1 atom stereocenters. The third kappa shape index (κ3) is 1.71. The zero-order valence-corrected chi connectivity index (χ0v) is 9.34. The largest absolute Gasteiger partial charge is 0.465 e. The summed E-state index contributed by atoms with van der Waals surface area (Å²) in [5.41, 5.74) is 0.00514. The Morgan fingerprint density at radius 2 is 2.31 bits per heavy atom. The second-order valence-electron chi connectivity index (χ2n) is 3.23. The average Bonchev–Trinajstić information content (AvgIpc) is 2.58. The Kier molecular flexibility index (Phi) is 2.96. The molecule has 1 aromatic rings. The number of benzene rings is 1. The molecule has 2 rings (SSSR count). The van der Waals surface area contributed by atoms with Crippen molar-refractivity contribution in [3.63, 3.8) is 0 Å². The van der Waals surface area contributed by atoms with Gasteiger partial charge in [-0.15, -0.1) is 11.8 Å². The third-order valence-electron chi connectivity index (χ3n) is 2.21. The second kappa shape index (κ2) is 4.25. The van der Waals surface area contributed by atoms with Gasteiger partial charge in [-0.1, -0.05) is 6.07 Å². The van der Waals surface area contributed by atoms with Crippen LogP contribution in [0.1, 0.15) is 17.3 Å². The van der Waals surface area contributed by atoms with Crippen LogP contribution >= 0.6 is 11.8 Å². The number of carbonyl (C=O) groups is 2. The van der Waals surface area contributed by atoms with E-state index >= 15 is 0 Å². The molecule has 0 N–H and O–H groups in total. The van der Waals surface area contributed by atoms with Gasteiger partial charge < -0.3 is 4.74 Å². The first-order valence-electron chi connectivity index (χ1n) is 4.81. The van der Waals surface area contributed by atoms with E-state index in [1.54, 1.807) is 13.0 Å². The van der Waals surface area contributed by atoms with E-state index in [-0.39, 0.29) is 12.2 Å². The first-order valence-corrected chi connectivity index (χ1v) is 5.69. The Bertz CT molecular complexity index is 459. The quantitative estimate of drug-likeness (QED) is 0.586. The van der Waals surface area contributed by atoms with E-state index < -0.39 is 22.8 Å². The molecule has 0 radical (unpaired) electrons. The van der Waals surface area contributed by atoms with Crippen molar-refractivity contribution in [2.75, 3.05) is 6.61 Å². The van der Waals surface area contributed by atoms with Crippen molar-refractivity contribution >= 4 is 23.5 Å². The SMILES string of the molecule is CCOC(=O)C1Sc2cccc(F)c2C1=O. The molecule has 0 saturated heterocycles. The van der Waals surface area contributed by atoms with Gasteiger partial charge in [0.2, 0.25) is 0 Å². The minimum atomic E-state index is -0.952. The van der Waals surface area contributed by atoms with Gasteiger partial charge in [-0.05, 0) is 19.1 Å². The number of hydrogen-bond acceptors (Lipinski definition) is 4. The Morgan fingerprint density at radius 3 is 2.94 bits per heavy atom. The smallest absolute Gasteiger partial charge is 0.327 e. The molecule has 84 valence electrons. The summed E-state index contributed by atoms with van der Waals surface area (Å²) in [7, 11) is 0. The summed E-state index contributed by atoms with van der Waals surface area (Å²) in [6.07, 6.45) is 0. The lowest BCUT2D eigenvalue weighted by molar-refractivity contribution is -0.141. The van der Waals surface area contributed by atoms with Gasteiger partial charge in [0.25, 0.3) is 0 Å². The van der Waals surface area contributed by atoms with Crippen molar-refractivity contribution in [1.82, 2.24) is 0 Å². The van der Waals surface area contributed by atoms with Crippen LogP contribution in [0.25, 0.3) is 0 Å². The standard InChI is InChI=1S/C11H9FO3S/c1-2-15-11(14)10-9(13)8-6(12)4-3-5-7(8)16-10/h3-5,10H,2H2,1H3. The van der Waals surface area contributed by atoms with Crippen LogP contribution in [0.15, 0.2) is 23.1 Å². The molecular formula is C11H9FO3S. The van der Waals surface area contributed by atoms with Crippen molar-refractivity contribution < 1.29 is 18.7 Å². The number of Topliss-reactive ketones (excluding diaryl/α,β-unsaturated/α-hetero) is 1. The minimum absolute atomic E-state index is 0.00514. The molecule has 1 heterocycles. The number of hydrogen-bond donors (Lipinski definition) is 0. The van der Waals surface area contributed by atoms with Crippen LogP contribution < -0.4 is 0 Å². The molecule has 0 fully saturated rings. The lowest BCUT2D eigenvalue weighted by Crippen LogP contribution is -2.25. The monoisotopic (exact) mass is 240 g/mol. The van der Waals surface area contributed by atoms with E-state index in [0.29, 0.717) is 4.90 Å². The molecule has 1 aliphatic heterocycles. The molecule has 5 heteroatoms. The van der Waals surface area contributed by atoms with Crippen LogP contribution in [-0.4, -0.2) is 23.6 Å². The van der Waals surface area contributed by atoms with E-state index in [1.807, 2.05) is 0 Å². The molecule has 1 aliphatic rings. The van der Waals surface area contributed by atoms with Crippen molar-refractivity contribution in [2.24, 2.45) is 0 Å². The van der Waals surface area contributed by atoms with Crippen molar-refractivity contribution in [1.29, 1.82) is 0 Å². The second-order valence-corrected chi connectivity index (χ2v) is 4.37. The molecule has 0 bridgehead atoms. The van der Waals surface area contributed by atoms with Gasteiger partial charge in [-0.3, -0.25) is 9.59 Å². The van der Waals surface area contributed by atoms with E-state index in [2.05, 4.69) is 0 Å². The zero-order chi connectivity index (χ0) is 11.7. The number of fused-ring (bicyclic) bond motifs is 1. The van der Waals surface area contributed by atoms with Gasteiger partial charge in [-0.25, -0.2) is 4.39 Å². The summed E-state index contributed by atoms with van der Waals surface area (Å²) in [6, 6.07) is 4.35. The highest BCUT2D eigenvalue weighted by Crippen LogP contribution is 2.38. The summed E-state index contributed by atoms with van der Waals surface area (Å²) >= 11 is 1.04.